The van der Waals surface area contributed by atoms with Crippen LogP contribution in [0.25, 0.3) is 0 Å². The first-order valence-electron chi connectivity index (χ1n) is 7.53. The summed E-state index contributed by atoms with van der Waals surface area (Å²) in [5.74, 6) is 0.474. The lowest BCUT2D eigenvalue weighted by Gasteiger charge is -2.08. The number of carbonyl (C=O) groups excluding carboxylic acids is 1. The second kappa shape index (κ2) is 7.94. The van der Waals surface area contributed by atoms with Crippen LogP contribution in [0.3, 0.4) is 0 Å². The smallest absolute Gasteiger partial charge is 0.251 e. The molecule has 6 nitrogen and oxygen atoms in total. The van der Waals surface area contributed by atoms with Crippen molar-refractivity contribution in [2.75, 3.05) is 13.2 Å². The third-order valence-corrected chi connectivity index (χ3v) is 4.29. The number of ether oxygens (including phenoxy) is 1. The summed E-state index contributed by atoms with van der Waals surface area (Å²) >= 11 is 0. The van der Waals surface area contributed by atoms with Crippen LogP contribution >= 0.6 is 0 Å². The largest absolute Gasteiger partial charge is 0.494 e. The molecule has 0 aliphatic carbocycles. The lowest BCUT2D eigenvalue weighted by atomic mass is 10.1. The molecule has 24 heavy (non-hydrogen) atoms. The van der Waals surface area contributed by atoms with E-state index in [1.165, 1.54) is 12.1 Å². The van der Waals surface area contributed by atoms with E-state index in [4.69, 9.17) is 9.88 Å². The number of rotatable bonds is 7. The van der Waals surface area contributed by atoms with Crippen LogP contribution in [0.15, 0.2) is 53.4 Å². The van der Waals surface area contributed by atoms with Crippen LogP contribution in [0.2, 0.25) is 0 Å². The van der Waals surface area contributed by atoms with E-state index in [9.17, 15) is 13.2 Å². The molecule has 0 saturated carbocycles. The highest BCUT2D eigenvalue weighted by Crippen LogP contribution is 2.13. The lowest BCUT2D eigenvalue weighted by Crippen LogP contribution is -2.25. The van der Waals surface area contributed by atoms with E-state index in [0.717, 1.165) is 5.56 Å². The molecule has 2 aromatic rings. The minimum absolute atomic E-state index is 0.0722. The third kappa shape index (κ3) is 5.07. The summed E-state index contributed by atoms with van der Waals surface area (Å²) < 4.78 is 27.7. The highest BCUT2D eigenvalue weighted by Gasteiger charge is 2.08. The molecule has 0 fully saturated rings. The average molecular weight is 348 g/mol. The fourth-order valence-corrected chi connectivity index (χ4v) is 2.68. The zero-order valence-electron chi connectivity index (χ0n) is 13.4. The highest BCUT2D eigenvalue weighted by atomic mass is 32.2. The maximum Gasteiger partial charge on any atom is 0.251 e. The Hall–Kier alpha value is -2.38. The quantitative estimate of drug-likeness (QED) is 0.796. The van der Waals surface area contributed by atoms with Crippen molar-refractivity contribution in [2.24, 2.45) is 5.14 Å². The Labute approximate surface area is 141 Å². The standard InChI is InChI=1S/C17H20N2O4S/c1-2-23-15-5-3-4-14(12-15)17(20)19-11-10-13-6-8-16(9-7-13)24(18,21)22/h3-9,12H,2,10-11H2,1H3,(H,19,20)(H2,18,21,22). The Morgan fingerprint density at radius 2 is 1.88 bits per heavy atom. The summed E-state index contributed by atoms with van der Waals surface area (Å²) in [7, 11) is -3.68. The van der Waals surface area contributed by atoms with Gasteiger partial charge >= 0.3 is 0 Å². The van der Waals surface area contributed by atoms with Gasteiger partial charge in [0, 0.05) is 12.1 Å². The minimum atomic E-state index is -3.68. The maximum absolute atomic E-state index is 12.1. The molecule has 0 saturated heterocycles. The molecule has 0 spiro atoms. The van der Waals surface area contributed by atoms with Crippen molar-refractivity contribution >= 4 is 15.9 Å². The van der Waals surface area contributed by atoms with Crippen molar-refractivity contribution in [3.05, 3.63) is 59.7 Å². The monoisotopic (exact) mass is 348 g/mol. The SMILES string of the molecule is CCOc1cccc(C(=O)NCCc2ccc(S(N)(=O)=O)cc2)c1. The van der Waals surface area contributed by atoms with Gasteiger partial charge in [-0.2, -0.15) is 0 Å². The second-order valence-corrected chi connectivity index (χ2v) is 6.72. The summed E-state index contributed by atoms with van der Waals surface area (Å²) in [6.07, 6.45) is 0.585. The molecule has 0 aromatic heterocycles. The van der Waals surface area contributed by atoms with Gasteiger partial charge in [0.1, 0.15) is 5.75 Å². The van der Waals surface area contributed by atoms with Gasteiger partial charge in [-0.05, 0) is 49.2 Å². The van der Waals surface area contributed by atoms with E-state index < -0.39 is 10.0 Å². The van der Waals surface area contributed by atoms with Gasteiger partial charge in [-0.25, -0.2) is 13.6 Å². The Morgan fingerprint density at radius 3 is 2.50 bits per heavy atom. The summed E-state index contributed by atoms with van der Waals surface area (Å²) in [6.45, 7) is 2.86. The summed E-state index contributed by atoms with van der Waals surface area (Å²) in [5, 5.41) is 7.87. The van der Waals surface area contributed by atoms with Crippen molar-refractivity contribution in [1.82, 2.24) is 5.32 Å². The first kappa shape index (κ1) is 18.0. The summed E-state index contributed by atoms with van der Waals surface area (Å²) in [6, 6.07) is 13.3. The first-order valence-corrected chi connectivity index (χ1v) is 9.07. The highest BCUT2D eigenvalue weighted by molar-refractivity contribution is 7.89. The van der Waals surface area contributed by atoms with E-state index in [-0.39, 0.29) is 10.8 Å². The van der Waals surface area contributed by atoms with Crippen molar-refractivity contribution in [3.63, 3.8) is 0 Å². The fraction of sp³-hybridized carbons (Fsp3) is 0.235. The van der Waals surface area contributed by atoms with Gasteiger partial charge in [0.15, 0.2) is 0 Å². The summed E-state index contributed by atoms with van der Waals surface area (Å²) in [5.41, 5.74) is 1.44. The molecule has 2 rings (SSSR count). The van der Waals surface area contributed by atoms with E-state index in [1.54, 1.807) is 36.4 Å². The van der Waals surface area contributed by atoms with Crippen molar-refractivity contribution in [3.8, 4) is 5.75 Å². The van der Waals surface area contributed by atoms with Crippen LogP contribution < -0.4 is 15.2 Å². The van der Waals surface area contributed by atoms with Crippen molar-refractivity contribution in [1.29, 1.82) is 0 Å². The average Bonchev–Trinajstić information content (AvgIpc) is 2.55. The number of hydrogen-bond acceptors (Lipinski definition) is 4. The lowest BCUT2D eigenvalue weighted by molar-refractivity contribution is 0.0953. The van der Waals surface area contributed by atoms with Crippen LogP contribution in [0.4, 0.5) is 0 Å². The topological polar surface area (TPSA) is 98.5 Å². The van der Waals surface area contributed by atoms with Gasteiger partial charge in [-0.3, -0.25) is 4.79 Å². The van der Waals surface area contributed by atoms with Crippen LogP contribution in [0, 0.1) is 0 Å². The minimum Gasteiger partial charge on any atom is -0.494 e. The number of amides is 1. The van der Waals surface area contributed by atoms with Crippen LogP contribution in [-0.4, -0.2) is 27.5 Å². The maximum atomic E-state index is 12.1. The molecule has 0 bridgehead atoms. The molecule has 1 amide bonds. The molecule has 0 atom stereocenters. The van der Waals surface area contributed by atoms with Crippen molar-refractivity contribution < 1.29 is 17.9 Å². The zero-order chi connectivity index (χ0) is 17.6. The Kier molecular flexibility index (Phi) is 5.94. The number of nitrogens with one attached hydrogen (secondary N) is 1. The van der Waals surface area contributed by atoms with Gasteiger partial charge in [0.2, 0.25) is 10.0 Å². The zero-order valence-corrected chi connectivity index (χ0v) is 14.2. The number of sulfonamides is 1. The number of hydrogen-bond donors (Lipinski definition) is 2. The summed E-state index contributed by atoms with van der Waals surface area (Å²) in [4.78, 5) is 12.2. The number of nitrogens with two attached hydrogens (primary N) is 1. The van der Waals surface area contributed by atoms with Gasteiger partial charge in [-0.15, -0.1) is 0 Å². The van der Waals surface area contributed by atoms with Gasteiger partial charge in [0.25, 0.3) is 5.91 Å². The van der Waals surface area contributed by atoms with Crippen molar-refractivity contribution in [2.45, 2.75) is 18.2 Å². The normalized spacial score (nSPS) is 11.1. The molecule has 3 N–H and O–H groups in total. The Balaban J connectivity index is 1.89. The molecular weight excluding hydrogens is 328 g/mol. The molecule has 7 heteroatoms. The van der Waals surface area contributed by atoms with E-state index in [1.807, 2.05) is 6.92 Å². The molecule has 0 heterocycles. The van der Waals surface area contributed by atoms with Crippen LogP contribution in [0.5, 0.6) is 5.75 Å². The van der Waals surface area contributed by atoms with Gasteiger partial charge in [0.05, 0.1) is 11.5 Å². The fourth-order valence-electron chi connectivity index (χ4n) is 2.16. The predicted molar refractivity (Wildman–Crippen MR) is 91.5 cm³/mol. The molecule has 0 radical (unpaired) electrons. The second-order valence-electron chi connectivity index (χ2n) is 5.16. The Bertz CT molecular complexity index is 802. The third-order valence-electron chi connectivity index (χ3n) is 3.36. The van der Waals surface area contributed by atoms with Gasteiger partial charge < -0.3 is 10.1 Å². The molecule has 0 aliphatic rings. The predicted octanol–water partition coefficient (Wildman–Crippen LogP) is 1.71. The van der Waals surface area contributed by atoms with Crippen LogP contribution in [0.1, 0.15) is 22.8 Å². The van der Waals surface area contributed by atoms with E-state index in [0.29, 0.717) is 30.9 Å². The molecular formula is C17H20N2O4S. The number of benzene rings is 2. The molecule has 2 aromatic carbocycles. The van der Waals surface area contributed by atoms with Crippen LogP contribution in [-0.2, 0) is 16.4 Å². The van der Waals surface area contributed by atoms with Gasteiger partial charge in [-0.1, -0.05) is 18.2 Å². The molecule has 128 valence electrons. The first-order chi connectivity index (χ1) is 11.4. The Morgan fingerprint density at radius 1 is 1.17 bits per heavy atom. The number of primary sulfonamides is 1. The molecule has 0 unspecified atom stereocenters. The molecule has 0 aliphatic heterocycles. The van der Waals surface area contributed by atoms with E-state index in [2.05, 4.69) is 5.32 Å². The number of carbonyl (C=O) groups is 1. The van der Waals surface area contributed by atoms with E-state index >= 15 is 0 Å².